The van der Waals surface area contributed by atoms with Crippen molar-refractivity contribution < 1.29 is 14.5 Å². The number of anilines is 1. The Bertz CT molecular complexity index is 664. The van der Waals surface area contributed by atoms with Crippen LogP contribution in [-0.4, -0.2) is 27.2 Å². The smallest absolute Gasteiger partial charge is 0.271 e. The molecule has 1 aliphatic rings. The number of benzene rings is 1. The van der Waals surface area contributed by atoms with Gasteiger partial charge in [-0.2, -0.15) is 4.99 Å². The van der Waals surface area contributed by atoms with E-state index in [4.69, 9.17) is 17.3 Å². The molecule has 0 spiro atoms. The number of aliphatic imine (C=N–C) groups is 1. The van der Waals surface area contributed by atoms with Crippen LogP contribution in [0.5, 0.6) is 0 Å². The van der Waals surface area contributed by atoms with Crippen LogP contribution < -0.4 is 11.1 Å². The van der Waals surface area contributed by atoms with Gasteiger partial charge in [0.25, 0.3) is 11.6 Å². The largest absolute Gasteiger partial charge is 0.378 e. The minimum atomic E-state index is -0.678. The molecule has 21 heavy (non-hydrogen) atoms. The summed E-state index contributed by atoms with van der Waals surface area (Å²) in [6.45, 7) is 0. The van der Waals surface area contributed by atoms with Crippen molar-refractivity contribution in [3.8, 4) is 0 Å². The van der Waals surface area contributed by atoms with Crippen molar-refractivity contribution in [1.82, 2.24) is 0 Å². The number of rotatable bonds is 4. The Balaban J connectivity index is 2.05. The Hall–Kier alpha value is -2.13. The average Bonchev–Trinajstić information content (AvgIpc) is 2.70. The molecule has 0 unspecified atom stereocenters. The molecule has 0 radical (unpaired) electrons. The lowest BCUT2D eigenvalue weighted by molar-refractivity contribution is -0.384. The maximum atomic E-state index is 11.9. The summed E-state index contributed by atoms with van der Waals surface area (Å²) in [5, 5.41) is 12.7. The van der Waals surface area contributed by atoms with Gasteiger partial charge in [-0.3, -0.25) is 19.7 Å². The number of carbonyl (C=O) groups excluding carboxylic acids is 2. The second-order valence-corrected chi connectivity index (χ2v) is 5.70. The van der Waals surface area contributed by atoms with Crippen molar-refractivity contribution in [3.63, 3.8) is 0 Å². The molecule has 0 aliphatic carbocycles. The van der Waals surface area contributed by atoms with E-state index < -0.39 is 22.0 Å². The predicted octanol–water partition coefficient (Wildman–Crippen LogP) is 1.53. The third-order valence-electron chi connectivity index (χ3n) is 2.56. The first kappa shape index (κ1) is 15.3. The molecule has 8 nitrogen and oxygen atoms in total. The van der Waals surface area contributed by atoms with Crippen molar-refractivity contribution >= 4 is 51.7 Å². The summed E-state index contributed by atoms with van der Waals surface area (Å²) < 4.78 is 0. The van der Waals surface area contributed by atoms with Gasteiger partial charge in [0.15, 0.2) is 5.17 Å². The van der Waals surface area contributed by atoms with Crippen LogP contribution in [0.1, 0.15) is 6.42 Å². The normalized spacial score (nSPS) is 17.5. The van der Waals surface area contributed by atoms with Gasteiger partial charge in [-0.05, 0) is 6.07 Å². The molecule has 1 heterocycles. The summed E-state index contributed by atoms with van der Waals surface area (Å²) >= 11 is 6.86. The zero-order chi connectivity index (χ0) is 15.6. The molecule has 1 atom stereocenters. The molecule has 2 amide bonds. The highest BCUT2D eigenvalue weighted by Gasteiger charge is 2.29. The van der Waals surface area contributed by atoms with Gasteiger partial charge in [-0.15, -0.1) is 0 Å². The fourth-order valence-electron chi connectivity index (χ4n) is 1.62. The van der Waals surface area contributed by atoms with Crippen LogP contribution in [0.4, 0.5) is 11.4 Å². The maximum absolute atomic E-state index is 11.9. The lowest BCUT2D eigenvalue weighted by Crippen LogP contribution is -2.21. The number of amides is 2. The van der Waals surface area contributed by atoms with Crippen molar-refractivity contribution in [2.45, 2.75) is 11.7 Å². The van der Waals surface area contributed by atoms with Crippen molar-refractivity contribution in [3.05, 3.63) is 33.3 Å². The van der Waals surface area contributed by atoms with Crippen LogP contribution in [0, 0.1) is 10.1 Å². The number of nitro benzene ring substituents is 1. The van der Waals surface area contributed by atoms with E-state index in [-0.39, 0.29) is 28.0 Å². The number of nitrogens with one attached hydrogen (secondary N) is 1. The number of amidine groups is 1. The highest BCUT2D eigenvalue weighted by molar-refractivity contribution is 8.15. The summed E-state index contributed by atoms with van der Waals surface area (Å²) in [6.07, 6.45) is -0.146. The van der Waals surface area contributed by atoms with Gasteiger partial charge in [0, 0.05) is 18.6 Å². The monoisotopic (exact) mass is 328 g/mol. The van der Waals surface area contributed by atoms with Crippen LogP contribution in [0.3, 0.4) is 0 Å². The number of thioether (sulfide) groups is 1. The molecule has 1 aromatic rings. The average molecular weight is 329 g/mol. The predicted molar refractivity (Wildman–Crippen MR) is 79.4 cm³/mol. The second-order valence-electron chi connectivity index (χ2n) is 4.07. The number of halogens is 1. The summed E-state index contributed by atoms with van der Waals surface area (Å²) in [6, 6.07) is 3.68. The summed E-state index contributed by atoms with van der Waals surface area (Å²) in [5.74, 6) is -0.981. The van der Waals surface area contributed by atoms with Gasteiger partial charge >= 0.3 is 0 Å². The van der Waals surface area contributed by atoms with Crippen molar-refractivity contribution in [2.24, 2.45) is 10.7 Å². The molecule has 0 bridgehead atoms. The lowest BCUT2D eigenvalue weighted by Gasteiger charge is -2.09. The topological polar surface area (TPSA) is 128 Å². The molecule has 1 aromatic carbocycles. The SMILES string of the molecule is NC1=NC(=O)[C@@H](CC(=O)Nc2cc([N+](=O)[O-])ccc2Cl)S1. The van der Waals surface area contributed by atoms with Crippen LogP contribution in [0.25, 0.3) is 0 Å². The van der Waals surface area contributed by atoms with Gasteiger partial charge in [0.2, 0.25) is 5.91 Å². The van der Waals surface area contributed by atoms with Crippen LogP contribution in [0.2, 0.25) is 5.02 Å². The number of carbonyl (C=O) groups is 2. The third-order valence-corrected chi connectivity index (χ3v) is 3.88. The number of hydrogen-bond donors (Lipinski definition) is 2. The molecule has 0 saturated heterocycles. The molecule has 2 rings (SSSR count). The minimum absolute atomic E-state index is 0.111. The Labute approximate surface area is 127 Å². The van der Waals surface area contributed by atoms with E-state index in [2.05, 4.69) is 10.3 Å². The Morgan fingerprint density at radius 2 is 2.29 bits per heavy atom. The molecule has 0 saturated carbocycles. The first-order valence-corrected chi connectivity index (χ1v) is 6.91. The van der Waals surface area contributed by atoms with Gasteiger partial charge < -0.3 is 11.1 Å². The van der Waals surface area contributed by atoms with Gasteiger partial charge in [-0.1, -0.05) is 23.4 Å². The molecule has 3 N–H and O–H groups in total. The van der Waals surface area contributed by atoms with Crippen molar-refractivity contribution in [2.75, 3.05) is 5.32 Å². The summed E-state index contributed by atoms with van der Waals surface area (Å²) in [5.41, 5.74) is 5.30. The summed E-state index contributed by atoms with van der Waals surface area (Å²) in [4.78, 5) is 36.8. The van der Waals surface area contributed by atoms with Crippen molar-refractivity contribution in [1.29, 1.82) is 0 Å². The van der Waals surface area contributed by atoms with Gasteiger partial charge in [0.05, 0.1) is 15.6 Å². The van der Waals surface area contributed by atoms with E-state index in [0.717, 1.165) is 17.8 Å². The summed E-state index contributed by atoms with van der Waals surface area (Å²) in [7, 11) is 0. The first-order valence-electron chi connectivity index (χ1n) is 5.65. The Kier molecular flexibility index (Phi) is 4.43. The second kappa shape index (κ2) is 6.10. The van der Waals surface area contributed by atoms with E-state index in [1.807, 2.05) is 0 Å². The van der Waals surface area contributed by atoms with Crippen LogP contribution >= 0.6 is 23.4 Å². The zero-order valence-electron chi connectivity index (χ0n) is 10.4. The molecule has 10 heteroatoms. The van der Waals surface area contributed by atoms with Gasteiger partial charge in [0.1, 0.15) is 5.25 Å². The lowest BCUT2D eigenvalue weighted by atomic mass is 10.2. The number of non-ortho nitro benzene ring substituents is 1. The highest BCUT2D eigenvalue weighted by atomic mass is 35.5. The molecular formula is C11H9ClN4O4S. The first-order chi connectivity index (χ1) is 9.86. The number of hydrogen-bond acceptors (Lipinski definition) is 6. The van der Waals surface area contributed by atoms with Crippen LogP contribution in [-0.2, 0) is 9.59 Å². The number of nitrogens with zero attached hydrogens (tertiary/aromatic N) is 2. The Morgan fingerprint density at radius 1 is 1.57 bits per heavy atom. The molecule has 110 valence electrons. The van der Waals surface area contributed by atoms with E-state index >= 15 is 0 Å². The zero-order valence-corrected chi connectivity index (χ0v) is 12.0. The van der Waals surface area contributed by atoms with E-state index in [9.17, 15) is 19.7 Å². The number of nitrogens with two attached hydrogens (primary N) is 1. The maximum Gasteiger partial charge on any atom is 0.271 e. The van der Waals surface area contributed by atoms with Gasteiger partial charge in [-0.25, -0.2) is 0 Å². The molecule has 1 aliphatic heterocycles. The van der Waals surface area contributed by atoms with E-state index in [1.54, 1.807) is 0 Å². The fraction of sp³-hybridized carbons (Fsp3) is 0.182. The number of nitro groups is 1. The highest BCUT2D eigenvalue weighted by Crippen LogP contribution is 2.28. The molecular weight excluding hydrogens is 320 g/mol. The molecule has 0 aromatic heterocycles. The fourth-order valence-corrected chi connectivity index (χ4v) is 2.61. The quantitative estimate of drug-likeness (QED) is 0.637. The van der Waals surface area contributed by atoms with Crippen LogP contribution in [0.15, 0.2) is 23.2 Å². The molecule has 0 fully saturated rings. The third kappa shape index (κ3) is 3.70. The van der Waals surface area contributed by atoms with E-state index in [1.165, 1.54) is 12.1 Å². The standard InChI is InChI=1S/C11H9ClN4O4S/c12-6-2-1-5(16(19)20)3-7(6)14-9(17)4-8-10(18)15-11(13)21-8/h1-3,8H,4H2,(H,14,17)(H2,13,15,18)/t8-/m1/s1. The Morgan fingerprint density at radius 3 is 2.86 bits per heavy atom. The van der Waals surface area contributed by atoms with E-state index in [0.29, 0.717) is 0 Å². The minimum Gasteiger partial charge on any atom is -0.378 e.